The largest absolute Gasteiger partial charge is 0.460 e. The number of hydrogen-bond donors (Lipinski definition) is 0. The van der Waals surface area contributed by atoms with Gasteiger partial charge in [0.25, 0.3) is 0 Å². The van der Waals surface area contributed by atoms with E-state index < -0.39 is 5.97 Å². The fourth-order valence-corrected chi connectivity index (χ4v) is 2.20. The highest BCUT2D eigenvalue weighted by atomic mass is 35.5. The number of hydrogen-bond acceptors (Lipinski definition) is 4. The number of esters is 1. The molecule has 0 spiro atoms. The van der Waals surface area contributed by atoms with Crippen molar-refractivity contribution < 1.29 is 13.9 Å². The summed E-state index contributed by atoms with van der Waals surface area (Å²) in [6.07, 6.45) is 0. The van der Waals surface area contributed by atoms with Gasteiger partial charge in [-0.25, -0.2) is 9.78 Å². The second-order valence-corrected chi connectivity index (χ2v) is 5.43. The Morgan fingerprint density at radius 1 is 1.43 bits per heavy atom. The van der Waals surface area contributed by atoms with Crippen molar-refractivity contribution in [2.75, 3.05) is 6.61 Å². The summed E-state index contributed by atoms with van der Waals surface area (Å²) in [4.78, 5) is 16.4. The molecule has 1 heterocycles. The fraction of sp³-hybridized carbons (Fsp3) is 0.375. The van der Waals surface area contributed by atoms with E-state index in [2.05, 4.69) is 4.98 Å². The van der Waals surface area contributed by atoms with Crippen molar-refractivity contribution in [3.8, 4) is 11.5 Å². The molecule has 0 aliphatic rings. The van der Waals surface area contributed by atoms with E-state index in [1.54, 1.807) is 13.0 Å². The molecule has 0 aliphatic carbocycles. The van der Waals surface area contributed by atoms with Crippen LogP contribution in [0.25, 0.3) is 11.5 Å². The number of benzene rings is 1. The average Bonchev–Trinajstić information content (AvgIpc) is 2.87. The molecule has 0 aliphatic heterocycles. The van der Waals surface area contributed by atoms with Gasteiger partial charge in [0.2, 0.25) is 11.7 Å². The molecule has 0 unspecified atom stereocenters. The first-order valence-electron chi connectivity index (χ1n) is 6.89. The molecular formula is C16H18ClNO3. The zero-order valence-electron chi connectivity index (χ0n) is 12.6. The van der Waals surface area contributed by atoms with Crippen molar-refractivity contribution in [2.24, 2.45) is 0 Å². The standard InChI is InChI=1S/C16H18ClNO3/c1-5-20-16(19)14-13(9(2)3)18-15(21-14)11-7-6-8-12(17)10(11)4/h6-9H,5H2,1-4H3. The summed E-state index contributed by atoms with van der Waals surface area (Å²) in [6, 6.07) is 5.50. The van der Waals surface area contributed by atoms with E-state index in [1.807, 2.05) is 32.9 Å². The topological polar surface area (TPSA) is 52.3 Å². The maximum absolute atomic E-state index is 12.0. The predicted molar refractivity (Wildman–Crippen MR) is 81.7 cm³/mol. The maximum atomic E-state index is 12.0. The molecule has 0 atom stereocenters. The van der Waals surface area contributed by atoms with Crippen LogP contribution >= 0.6 is 11.6 Å². The number of carbonyl (C=O) groups is 1. The lowest BCUT2D eigenvalue weighted by Crippen LogP contribution is -2.07. The minimum Gasteiger partial charge on any atom is -0.460 e. The Hall–Kier alpha value is -1.81. The van der Waals surface area contributed by atoms with Crippen LogP contribution in [0.1, 0.15) is 48.5 Å². The SMILES string of the molecule is CCOC(=O)c1oc(-c2cccc(Cl)c2C)nc1C(C)C. The number of carbonyl (C=O) groups excluding carboxylic acids is 1. The smallest absolute Gasteiger partial charge is 0.376 e. The molecule has 21 heavy (non-hydrogen) atoms. The first-order valence-corrected chi connectivity index (χ1v) is 7.26. The number of oxazole rings is 1. The molecule has 0 N–H and O–H groups in total. The van der Waals surface area contributed by atoms with Crippen LogP contribution in [0.3, 0.4) is 0 Å². The predicted octanol–water partition coefficient (Wildman–Crippen LogP) is 4.60. The lowest BCUT2D eigenvalue weighted by Gasteiger charge is -2.02. The third kappa shape index (κ3) is 3.10. The van der Waals surface area contributed by atoms with E-state index in [0.29, 0.717) is 23.2 Å². The van der Waals surface area contributed by atoms with Gasteiger partial charge in [-0.3, -0.25) is 0 Å². The van der Waals surface area contributed by atoms with Gasteiger partial charge in [-0.05, 0) is 37.5 Å². The number of ether oxygens (including phenoxy) is 1. The lowest BCUT2D eigenvalue weighted by molar-refractivity contribution is 0.0488. The molecule has 1 aromatic carbocycles. The van der Waals surface area contributed by atoms with Crippen molar-refractivity contribution in [3.05, 3.63) is 40.2 Å². The summed E-state index contributed by atoms with van der Waals surface area (Å²) in [5, 5.41) is 0.634. The summed E-state index contributed by atoms with van der Waals surface area (Å²) in [7, 11) is 0. The Bertz CT molecular complexity index is 662. The normalized spacial score (nSPS) is 11.0. The zero-order chi connectivity index (χ0) is 15.6. The highest BCUT2D eigenvalue weighted by molar-refractivity contribution is 6.31. The third-order valence-electron chi connectivity index (χ3n) is 3.16. The van der Waals surface area contributed by atoms with Crippen LogP contribution in [0.5, 0.6) is 0 Å². The van der Waals surface area contributed by atoms with Gasteiger partial charge >= 0.3 is 5.97 Å². The van der Waals surface area contributed by atoms with Gasteiger partial charge in [-0.2, -0.15) is 0 Å². The summed E-state index contributed by atoms with van der Waals surface area (Å²) >= 11 is 6.12. The lowest BCUT2D eigenvalue weighted by atomic mass is 10.1. The molecule has 0 saturated carbocycles. The van der Waals surface area contributed by atoms with Crippen molar-refractivity contribution in [1.82, 2.24) is 4.98 Å². The van der Waals surface area contributed by atoms with Crippen LogP contribution in [0.15, 0.2) is 22.6 Å². The molecule has 0 bridgehead atoms. The van der Waals surface area contributed by atoms with E-state index in [4.69, 9.17) is 20.8 Å². The second kappa shape index (κ2) is 6.31. The van der Waals surface area contributed by atoms with Crippen LogP contribution in [-0.2, 0) is 4.74 Å². The molecule has 0 saturated heterocycles. The van der Waals surface area contributed by atoms with Crippen LogP contribution in [0.4, 0.5) is 0 Å². The van der Waals surface area contributed by atoms with Crippen LogP contribution in [0, 0.1) is 6.92 Å². The van der Waals surface area contributed by atoms with E-state index in [1.165, 1.54) is 0 Å². The van der Waals surface area contributed by atoms with Crippen molar-refractivity contribution in [3.63, 3.8) is 0 Å². The summed E-state index contributed by atoms with van der Waals surface area (Å²) in [5.41, 5.74) is 2.24. The Labute approximate surface area is 129 Å². The molecule has 4 nitrogen and oxygen atoms in total. The molecule has 2 rings (SSSR count). The van der Waals surface area contributed by atoms with Crippen molar-refractivity contribution >= 4 is 17.6 Å². The molecule has 0 amide bonds. The van der Waals surface area contributed by atoms with Crippen LogP contribution in [-0.4, -0.2) is 17.6 Å². The molecule has 1 aromatic heterocycles. The molecule has 5 heteroatoms. The summed E-state index contributed by atoms with van der Waals surface area (Å²) in [6.45, 7) is 7.85. The Kier molecular flexibility index (Phi) is 4.68. The second-order valence-electron chi connectivity index (χ2n) is 5.02. The van der Waals surface area contributed by atoms with Crippen LogP contribution < -0.4 is 0 Å². The zero-order valence-corrected chi connectivity index (χ0v) is 13.3. The Morgan fingerprint density at radius 2 is 2.14 bits per heavy atom. The van der Waals surface area contributed by atoms with Gasteiger partial charge < -0.3 is 9.15 Å². The number of rotatable bonds is 4. The minimum absolute atomic E-state index is 0.0568. The van der Waals surface area contributed by atoms with Crippen molar-refractivity contribution in [2.45, 2.75) is 33.6 Å². The van der Waals surface area contributed by atoms with Crippen molar-refractivity contribution in [1.29, 1.82) is 0 Å². The van der Waals surface area contributed by atoms with Gasteiger partial charge in [0.1, 0.15) is 0 Å². The molecule has 112 valence electrons. The van der Waals surface area contributed by atoms with Gasteiger partial charge in [-0.15, -0.1) is 0 Å². The molecule has 2 aromatic rings. The summed E-state index contributed by atoms with van der Waals surface area (Å²) < 4.78 is 10.7. The highest BCUT2D eigenvalue weighted by Crippen LogP contribution is 2.31. The average molecular weight is 308 g/mol. The maximum Gasteiger partial charge on any atom is 0.376 e. The fourth-order valence-electron chi connectivity index (χ4n) is 2.02. The van der Waals surface area contributed by atoms with Gasteiger partial charge in [0.15, 0.2) is 0 Å². The highest BCUT2D eigenvalue weighted by Gasteiger charge is 2.24. The monoisotopic (exact) mass is 307 g/mol. The number of nitrogens with zero attached hydrogens (tertiary/aromatic N) is 1. The first-order chi connectivity index (χ1) is 9.95. The minimum atomic E-state index is -0.486. The van der Waals surface area contributed by atoms with E-state index >= 15 is 0 Å². The Morgan fingerprint density at radius 3 is 2.76 bits per heavy atom. The molecular weight excluding hydrogens is 290 g/mol. The number of aromatic nitrogens is 1. The first kappa shape index (κ1) is 15.6. The van der Waals surface area contributed by atoms with Gasteiger partial charge in [0.05, 0.1) is 12.3 Å². The van der Waals surface area contributed by atoms with Crippen LogP contribution in [0.2, 0.25) is 5.02 Å². The summed E-state index contributed by atoms with van der Waals surface area (Å²) in [5.74, 6) is 0.129. The van der Waals surface area contributed by atoms with Gasteiger partial charge in [0, 0.05) is 10.6 Å². The Balaban J connectivity index is 2.54. The van der Waals surface area contributed by atoms with E-state index in [9.17, 15) is 4.79 Å². The van der Waals surface area contributed by atoms with E-state index in [-0.39, 0.29) is 11.7 Å². The quantitative estimate of drug-likeness (QED) is 0.774. The van der Waals surface area contributed by atoms with Gasteiger partial charge in [-0.1, -0.05) is 31.5 Å². The molecule has 0 radical (unpaired) electrons. The number of halogens is 1. The van der Waals surface area contributed by atoms with E-state index in [0.717, 1.165) is 11.1 Å². The molecule has 0 fully saturated rings. The third-order valence-corrected chi connectivity index (χ3v) is 3.57.